The minimum absolute atomic E-state index is 0.109. The van der Waals surface area contributed by atoms with Crippen LogP contribution in [0.2, 0.25) is 0 Å². The molecule has 0 N–H and O–H groups in total. The minimum Gasteiger partial charge on any atom is -0.335 e. The van der Waals surface area contributed by atoms with E-state index < -0.39 is 11.8 Å². The molecule has 136 valence electrons. The molecule has 7 nitrogen and oxygen atoms in total. The van der Waals surface area contributed by atoms with Crippen LogP contribution < -0.4 is 0 Å². The molecule has 1 aromatic carbocycles. The number of rotatable bonds is 2. The second-order valence-electron chi connectivity index (χ2n) is 6.62. The zero-order valence-electron chi connectivity index (χ0n) is 14.7. The van der Waals surface area contributed by atoms with Gasteiger partial charge in [-0.2, -0.15) is 5.26 Å². The predicted octanol–water partition coefficient (Wildman–Crippen LogP) is 0.659. The number of nitrogens with zero attached hydrogens (tertiary/aromatic N) is 4. The normalized spacial score (nSPS) is 17.1. The zero-order chi connectivity index (χ0) is 18.5. The van der Waals surface area contributed by atoms with E-state index in [-0.39, 0.29) is 12.3 Å². The fourth-order valence-electron chi connectivity index (χ4n) is 3.39. The van der Waals surface area contributed by atoms with Crippen LogP contribution in [0.3, 0.4) is 0 Å². The van der Waals surface area contributed by atoms with Gasteiger partial charge in [0.1, 0.15) is 0 Å². The third-order valence-electron chi connectivity index (χ3n) is 4.89. The molecule has 2 aliphatic heterocycles. The second-order valence-corrected chi connectivity index (χ2v) is 6.62. The molecule has 0 spiro atoms. The molecular formula is C19H22N4O3. The Bertz CT molecular complexity index is 741. The Morgan fingerprint density at radius 3 is 2.08 bits per heavy atom. The number of piperazine rings is 1. The van der Waals surface area contributed by atoms with Gasteiger partial charge >= 0.3 is 11.8 Å². The van der Waals surface area contributed by atoms with Crippen molar-refractivity contribution >= 4 is 17.7 Å². The SMILES string of the molecule is N#CCc1cccc(C(=O)N2CCN(C(=O)C(=O)N3CCCC3)CC2)c1. The fourth-order valence-corrected chi connectivity index (χ4v) is 3.39. The number of carbonyl (C=O) groups excluding carboxylic acids is 3. The average molecular weight is 354 g/mol. The van der Waals surface area contributed by atoms with E-state index in [0.29, 0.717) is 44.8 Å². The number of carbonyl (C=O) groups is 3. The minimum atomic E-state index is -0.463. The van der Waals surface area contributed by atoms with Crippen LogP contribution >= 0.6 is 0 Å². The summed E-state index contributed by atoms with van der Waals surface area (Å²) < 4.78 is 0. The predicted molar refractivity (Wildman–Crippen MR) is 94.1 cm³/mol. The van der Waals surface area contributed by atoms with Gasteiger partial charge in [-0.3, -0.25) is 14.4 Å². The lowest BCUT2D eigenvalue weighted by molar-refractivity contribution is -0.152. The Labute approximate surface area is 152 Å². The van der Waals surface area contributed by atoms with Crippen LogP contribution in [0.5, 0.6) is 0 Å². The molecule has 2 aliphatic rings. The summed E-state index contributed by atoms with van der Waals surface area (Å²) in [4.78, 5) is 42.0. The molecule has 0 atom stereocenters. The number of benzene rings is 1. The Kier molecular flexibility index (Phi) is 5.52. The standard InChI is InChI=1S/C19H22N4O3/c20-7-6-15-4-3-5-16(14-15)17(24)22-10-12-23(13-11-22)19(26)18(25)21-8-1-2-9-21/h3-5,14H,1-2,6,8-13H2. The highest BCUT2D eigenvalue weighted by molar-refractivity contribution is 6.35. The van der Waals surface area contributed by atoms with Crippen LogP contribution in [-0.2, 0) is 16.0 Å². The topological polar surface area (TPSA) is 84.7 Å². The summed E-state index contributed by atoms with van der Waals surface area (Å²) in [7, 11) is 0. The molecular weight excluding hydrogens is 332 g/mol. The Morgan fingerprint density at radius 2 is 1.46 bits per heavy atom. The Hall–Kier alpha value is -2.88. The molecule has 0 unspecified atom stereocenters. The molecule has 0 aromatic heterocycles. The number of hydrogen-bond donors (Lipinski definition) is 0. The van der Waals surface area contributed by atoms with E-state index in [9.17, 15) is 14.4 Å². The first-order valence-electron chi connectivity index (χ1n) is 8.93. The van der Waals surface area contributed by atoms with E-state index in [1.807, 2.05) is 6.07 Å². The summed E-state index contributed by atoms with van der Waals surface area (Å²) in [6.45, 7) is 2.84. The smallest absolute Gasteiger partial charge is 0.312 e. The average Bonchev–Trinajstić information content (AvgIpc) is 3.22. The number of hydrogen-bond acceptors (Lipinski definition) is 4. The van der Waals surface area contributed by atoms with Crippen molar-refractivity contribution in [2.75, 3.05) is 39.3 Å². The third-order valence-corrected chi connectivity index (χ3v) is 4.89. The highest BCUT2D eigenvalue weighted by Crippen LogP contribution is 2.13. The van der Waals surface area contributed by atoms with Crippen LogP contribution in [-0.4, -0.2) is 71.7 Å². The summed E-state index contributed by atoms with van der Waals surface area (Å²) in [6, 6.07) is 9.14. The van der Waals surface area contributed by atoms with Crippen LogP contribution in [0.1, 0.15) is 28.8 Å². The monoisotopic (exact) mass is 354 g/mol. The zero-order valence-corrected chi connectivity index (χ0v) is 14.7. The van der Waals surface area contributed by atoms with Crippen LogP contribution in [0.4, 0.5) is 0 Å². The molecule has 3 rings (SSSR count). The van der Waals surface area contributed by atoms with Gasteiger partial charge in [-0.25, -0.2) is 0 Å². The van der Waals surface area contributed by atoms with Crippen LogP contribution in [0.25, 0.3) is 0 Å². The van der Waals surface area contributed by atoms with Gasteiger partial charge in [0.2, 0.25) is 0 Å². The van der Waals surface area contributed by atoms with E-state index in [2.05, 4.69) is 6.07 Å². The first-order chi connectivity index (χ1) is 12.6. The molecule has 2 heterocycles. The number of nitriles is 1. The van der Waals surface area contributed by atoms with Crippen LogP contribution in [0.15, 0.2) is 24.3 Å². The molecule has 0 aliphatic carbocycles. The van der Waals surface area contributed by atoms with Gasteiger partial charge in [0.05, 0.1) is 12.5 Å². The van der Waals surface area contributed by atoms with Gasteiger partial charge in [-0.05, 0) is 30.5 Å². The summed E-state index contributed by atoms with van der Waals surface area (Å²) in [5.74, 6) is -0.996. The molecule has 1 aromatic rings. The maximum absolute atomic E-state index is 12.6. The van der Waals surface area contributed by atoms with E-state index in [4.69, 9.17) is 5.26 Å². The van der Waals surface area contributed by atoms with Crippen molar-refractivity contribution in [3.05, 3.63) is 35.4 Å². The summed E-state index contributed by atoms with van der Waals surface area (Å²) >= 11 is 0. The summed E-state index contributed by atoms with van der Waals surface area (Å²) in [5.41, 5.74) is 1.36. The van der Waals surface area contributed by atoms with Gasteiger partial charge < -0.3 is 14.7 Å². The van der Waals surface area contributed by atoms with E-state index in [1.54, 1.807) is 28.0 Å². The molecule has 26 heavy (non-hydrogen) atoms. The molecule has 7 heteroatoms. The number of amides is 3. The first kappa shape index (κ1) is 17.9. The van der Waals surface area contributed by atoms with Gasteiger partial charge in [-0.1, -0.05) is 12.1 Å². The summed E-state index contributed by atoms with van der Waals surface area (Å²) in [5, 5.41) is 8.79. The molecule has 2 fully saturated rings. The maximum atomic E-state index is 12.6. The van der Waals surface area contributed by atoms with Crippen molar-refractivity contribution in [2.24, 2.45) is 0 Å². The molecule has 2 saturated heterocycles. The lowest BCUT2D eigenvalue weighted by Crippen LogP contribution is -2.54. The molecule has 3 amide bonds. The fraction of sp³-hybridized carbons (Fsp3) is 0.474. The van der Waals surface area contributed by atoms with Gasteiger partial charge in [0.25, 0.3) is 5.91 Å². The van der Waals surface area contributed by atoms with Crippen molar-refractivity contribution in [1.82, 2.24) is 14.7 Å². The van der Waals surface area contributed by atoms with Gasteiger partial charge in [-0.15, -0.1) is 0 Å². The molecule has 0 radical (unpaired) electrons. The highest BCUT2D eigenvalue weighted by atomic mass is 16.2. The quantitative estimate of drug-likeness (QED) is 0.730. The second kappa shape index (κ2) is 8.00. The van der Waals surface area contributed by atoms with Crippen molar-refractivity contribution < 1.29 is 14.4 Å². The van der Waals surface area contributed by atoms with Crippen molar-refractivity contribution in [1.29, 1.82) is 5.26 Å². The van der Waals surface area contributed by atoms with Crippen molar-refractivity contribution in [3.63, 3.8) is 0 Å². The molecule has 0 bridgehead atoms. The lowest BCUT2D eigenvalue weighted by Gasteiger charge is -2.35. The van der Waals surface area contributed by atoms with Crippen LogP contribution in [0, 0.1) is 11.3 Å². The van der Waals surface area contributed by atoms with Crippen molar-refractivity contribution in [3.8, 4) is 6.07 Å². The van der Waals surface area contributed by atoms with E-state index in [1.165, 1.54) is 4.90 Å². The first-order valence-corrected chi connectivity index (χ1v) is 8.93. The maximum Gasteiger partial charge on any atom is 0.312 e. The van der Waals surface area contributed by atoms with Gasteiger partial charge in [0, 0.05) is 44.8 Å². The Morgan fingerprint density at radius 1 is 0.885 bits per heavy atom. The van der Waals surface area contributed by atoms with E-state index in [0.717, 1.165) is 18.4 Å². The van der Waals surface area contributed by atoms with Crippen molar-refractivity contribution in [2.45, 2.75) is 19.3 Å². The largest absolute Gasteiger partial charge is 0.335 e. The third kappa shape index (κ3) is 3.85. The number of likely N-dealkylation sites (tertiary alicyclic amines) is 1. The Balaban J connectivity index is 1.57. The van der Waals surface area contributed by atoms with E-state index >= 15 is 0 Å². The van der Waals surface area contributed by atoms with Gasteiger partial charge in [0.15, 0.2) is 0 Å². The molecule has 0 saturated carbocycles. The lowest BCUT2D eigenvalue weighted by atomic mass is 10.1. The highest BCUT2D eigenvalue weighted by Gasteiger charge is 2.31. The summed E-state index contributed by atoms with van der Waals surface area (Å²) in [6.07, 6.45) is 2.17.